The van der Waals surface area contributed by atoms with Gasteiger partial charge in [-0.25, -0.2) is 5.01 Å². The Morgan fingerprint density at radius 1 is 1.00 bits per heavy atom. The van der Waals surface area contributed by atoms with E-state index in [0.29, 0.717) is 0 Å². The minimum Gasteiger partial charge on any atom is -0.497 e. The summed E-state index contributed by atoms with van der Waals surface area (Å²) in [4.78, 5) is 1.22. The fourth-order valence-corrected chi connectivity index (χ4v) is 4.62. The molecular weight excluding hydrogens is 408 g/mol. The molecule has 2 aliphatic rings. The van der Waals surface area contributed by atoms with Gasteiger partial charge in [0, 0.05) is 28.0 Å². The average Bonchev–Trinajstić information content (AvgIpc) is 3.29. The number of rotatable bonds is 5. The maximum absolute atomic E-state index is 6.52. The first-order valence-corrected chi connectivity index (χ1v) is 11.4. The summed E-state index contributed by atoms with van der Waals surface area (Å²) in [7, 11) is 3.37. The van der Waals surface area contributed by atoms with Gasteiger partial charge in [0.2, 0.25) is 6.23 Å². The highest BCUT2D eigenvalue weighted by Gasteiger charge is 2.42. The summed E-state index contributed by atoms with van der Waals surface area (Å²) < 4.78 is 17.6. The van der Waals surface area contributed by atoms with E-state index in [1.807, 2.05) is 30.3 Å². The quantitative estimate of drug-likeness (QED) is 0.486. The molecule has 0 bridgehead atoms. The molecule has 0 aliphatic carbocycles. The molecule has 0 amide bonds. The zero-order chi connectivity index (χ0) is 21.4. The maximum Gasteiger partial charge on any atom is 0.214 e. The van der Waals surface area contributed by atoms with Gasteiger partial charge in [-0.1, -0.05) is 36.4 Å². The van der Waals surface area contributed by atoms with Crippen LogP contribution < -0.4 is 14.2 Å². The molecule has 0 N–H and O–H groups in total. The first kappa shape index (κ1) is 19.8. The number of fused-ring (bicyclic) bond motifs is 3. The maximum atomic E-state index is 6.52. The molecule has 31 heavy (non-hydrogen) atoms. The highest BCUT2D eigenvalue weighted by atomic mass is 32.2. The molecule has 0 saturated heterocycles. The smallest absolute Gasteiger partial charge is 0.214 e. The Bertz CT molecular complexity index is 1130. The summed E-state index contributed by atoms with van der Waals surface area (Å²) in [5.41, 5.74) is 4.25. The first-order chi connectivity index (χ1) is 15.2. The second-order valence-corrected chi connectivity index (χ2v) is 8.38. The minimum absolute atomic E-state index is 0.0743. The van der Waals surface area contributed by atoms with Crippen LogP contribution in [0.4, 0.5) is 0 Å². The molecule has 0 fully saturated rings. The fraction of sp³-hybridized carbons (Fsp3) is 0.240. The molecule has 0 aromatic heterocycles. The van der Waals surface area contributed by atoms with Crippen molar-refractivity contribution < 1.29 is 14.2 Å². The van der Waals surface area contributed by atoms with Crippen LogP contribution in [-0.2, 0) is 0 Å². The van der Waals surface area contributed by atoms with Crippen LogP contribution in [0.5, 0.6) is 17.2 Å². The van der Waals surface area contributed by atoms with Gasteiger partial charge >= 0.3 is 0 Å². The molecule has 0 saturated carbocycles. The van der Waals surface area contributed by atoms with Crippen molar-refractivity contribution in [2.24, 2.45) is 5.10 Å². The lowest BCUT2D eigenvalue weighted by Crippen LogP contribution is -2.33. The van der Waals surface area contributed by atoms with Gasteiger partial charge in [0.05, 0.1) is 26.0 Å². The van der Waals surface area contributed by atoms with Gasteiger partial charge in [0.25, 0.3) is 0 Å². The molecule has 158 valence electrons. The Morgan fingerprint density at radius 2 is 1.81 bits per heavy atom. The number of thioether (sulfide) groups is 1. The van der Waals surface area contributed by atoms with Gasteiger partial charge < -0.3 is 14.2 Å². The summed E-state index contributed by atoms with van der Waals surface area (Å²) in [5, 5.41) is 7.12. The predicted molar refractivity (Wildman–Crippen MR) is 123 cm³/mol. The number of nitrogens with zero attached hydrogens (tertiary/aromatic N) is 2. The topological polar surface area (TPSA) is 43.3 Å². The normalized spacial score (nSPS) is 19.2. The summed E-state index contributed by atoms with van der Waals surface area (Å²) in [6, 6.07) is 22.7. The number of ether oxygens (including phenoxy) is 3. The fourth-order valence-electron chi connectivity index (χ4n) is 4.21. The summed E-state index contributed by atoms with van der Waals surface area (Å²) in [5.74, 6) is 2.37. The Hall–Kier alpha value is -3.12. The number of hydrazone groups is 1. The minimum atomic E-state index is -0.326. The molecule has 2 heterocycles. The zero-order valence-corrected chi connectivity index (χ0v) is 18.6. The monoisotopic (exact) mass is 432 g/mol. The van der Waals surface area contributed by atoms with Crippen LogP contribution in [0.25, 0.3) is 0 Å². The number of benzene rings is 3. The van der Waals surface area contributed by atoms with E-state index in [0.717, 1.165) is 46.1 Å². The molecule has 6 heteroatoms. The van der Waals surface area contributed by atoms with Crippen molar-refractivity contribution in [3.05, 3.63) is 83.4 Å². The molecule has 3 aromatic carbocycles. The zero-order valence-electron chi connectivity index (χ0n) is 17.7. The van der Waals surface area contributed by atoms with E-state index in [9.17, 15) is 0 Å². The summed E-state index contributed by atoms with van der Waals surface area (Å²) in [6.45, 7) is 0. The molecule has 0 unspecified atom stereocenters. The van der Waals surface area contributed by atoms with Gasteiger partial charge in [0.15, 0.2) is 11.5 Å². The number of hydrogen-bond donors (Lipinski definition) is 0. The van der Waals surface area contributed by atoms with E-state index in [-0.39, 0.29) is 12.3 Å². The van der Waals surface area contributed by atoms with Gasteiger partial charge in [0.1, 0.15) is 5.75 Å². The van der Waals surface area contributed by atoms with Crippen molar-refractivity contribution in [1.29, 1.82) is 0 Å². The summed E-state index contributed by atoms with van der Waals surface area (Å²) >= 11 is 1.73. The molecule has 2 atom stereocenters. The van der Waals surface area contributed by atoms with E-state index in [1.54, 1.807) is 26.0 Å². The van der Waals surface area contributed by atoms with E-state index in [2.05, 4.69) is 47.7 Å². The van der Waals surface area contributed by atoms with Crippen LogP contribution in [0.15, 0.2) is 76.7 Å². The van der Waals surface area contributed by atoms with Crippen LogP contribution in [0.3, 0.4) is 0 Å². The highest BCUT2D eigenvalue weighted by molar-refractivity contribution is 7.98. The number of hydrogen-bond acceptors (Lipinski definition) is 6. The van der Waals surface area contributed by atoms with E-state index in [4.69, 9.17) is 19.3 Å². The molecule has 5 nitrogen and oxygen atoms in total. The van der Waals surface area contributed by atoms with Crippen LogP contribution in [-0.4, -0.2) is 31.2 Å². The molecule has 2 aliphatic heterocycles. The van der Waals surface area contributed by atoms with Crippen LogP contribution in [0, 0.1) is 0 Å². The van der Waals surface area contributed by atoms with Crippen LogP contribution >= 0.6 is 11.8 Å². The van der Waals surface area contributed by atoms with Crippen LogP contribution in [0.2, 0.25) is 0 Å². The summed E-state index contributed by atoms with van der Waals surface area (Å²) in [6.07, 6.45) is 2.54. The van der Waals surface area contributed by atoms with E-state index < -0.39 is 0 Å². The second kappa shape index (κ2) is 8.19. The Morgan fingerprint density at radius 3 is 2.55 bits per heavy atom. The van der Waals surface area contributed by atoms with Crippen molar-refractivity contribution in [2.45, 2.75) is 23.6 Å². The number of para-hydroxylation sites is 1. The molecular formula is C25H24N2O3S. The van der Waals surface area contributed by atoms with Crippen molar-refractivity contribution in [2.75, 3.05) is 20.5 Å². The Labute approximate surface area is 186 Å². The van der Waals surface area contributed by atoms with E-state index >= 15 is 0 Å². The largest absolute Gasteiger partial charge is 0.497 e. The third-order valence-electron chi connectivity index (χ3n) is 5.80. The SMILES string of the molecule is COc1cccc(C2=NN3[C@@H](C2)c2cccc(OC)c2O[C@H]3c2ccc(SC)cc2)c1. The molecule has 3 aromatic rings. The second-order valence-electron chi connectivity index (χ2n) is 7.50. The van der Waals surface area contributed by atoms with Crippen molar-refractivity contribution >= 4 is 17.5 Å². The molecule has 0 spiro atoms. The lowest BCUT2D eigenvalue weighted by atomic mass is 9.95. The van der Waals surface area contributed by atoms with Gasteiger partial charge in [-0.2, -0.15) is 5.10 Å². The van der Waals surface area contributed by atoms with Crippen molar-refractivity contribution in [1.82, 2.24) is 5.01 Å². The average molecular weight is 433 g/mol. The van der Waals surface area contributed by atoms with Gasteiger partial charge in [-0.15, -0.1) is 11.8 Å². The number of methoxy groups -OCH3 is 2. The third-order valence-corrected chi connectivity index (χ3v) is 6.55. The Balaban J connectivity index is 1.59. The van der Waals surface area contributed by atoms with Crippen molar-refractivity contribution in [3.8, 4) is 17.2 Å². The van der Waals surface area contributed by atoms with Gasteiger partial charge in [-0.05, 0) is 36.6 Å². The standard InChI is InChI=1S/C25H24N2O3S/c1-28-18-7-4-6-17(14-18)21-15-22-20-8-5-9-23(29-2)24(20)30-25(27(22)26-21)16-10-12-19(31-3)13-11-16/h4-14,22,25H,15H2,1-3H3/t22-,25-/m0/s1. The highest BCUT2D eigenvalue weighted by Crippen LogP contribution is 2.50. The van der Waals surface area contributed by atoms with E-state index in [1.165, 1.54) is 4.90 Å². The third kappa shape index (κ3) is 3.51. The predicted octanol–water partition coefficient (Wildman–Crippen LogP) is 5.67. The van der Waals surface area contributed by atoms with Gasteiger partial charge in [-0.3, -0.25) is 0 Å². The Kier molecular flexibility index (Phi) is 5.24. The molecule has 0 radical (unpaired) electrons. The van der Waals surface area contributed by atoms with Crippen molar-refractivity contribution in [3.63, 3.8) is 0 Å². The first-order valence-electron chi connectivity index (χ1n) is 10.2. The molecule has 5 rings (SSSR count). The van der Waals surface area contributed by atoms with Crippen LogP contribution in [0.1, 0.15) is 35.4 Å². The lowest BCUT2D eigenvalue weighted by Gasteiger charge is -2.38. The lowest BCUT2D eigenvalue weighted by molar-refractivity contribution is -0.0209.